The Morgan fingerprint density at radius 2 is 1.13 bits per heavy atom. The Hall–Kier alpha value is -2.75. The Balaban J connectivity index is 2.09. The van der Waals surface area contributed by atoms with Crippen LogP contribution >= 0.6 is 0 Å². The van der Waals surface area contributed by atoms with Crippen molar-refractivity contribution in [3.8, 4) is 0 Å². The van der Waals surface area contributed by atoms with Gasteiger partial charge in [0, 0.05) is 22.1 Å². The number of Topliss-reactive ketones (excluding diaryl/α,β-unsaturated/α-hetero) is 1. The van der Waals surface area contributed by atoms with Gasteiger partial charge in [-0.05, 0) is 24.3 Å². The molecule has 0 saturated carbocycles. The first kappa shape index (κ1) is 16.6. The molecule has 23 heavy (non-hydrogen) atoms. The minimum absolute atomic E-state index is 0.00446. The highest BCUT2D eigenvalue weighted by Gasteiger charge is 2.23. The van der Waals surface area contributed by atoms with Crippen LogP contribution < -0.4 is 5.32 Å². The molecule has 0 saturated heterocycles. The number of rotatable bonds is 3. The summed E-state index contributed by atoms with van der Waals surface area (Å²) in [6, 6.07) is 14.8. The summed E-state index contributed by atoms with van der Waals surface area (Å²) in [5, 5.41) is 2.33. The number of imide groups is 1. The molecule has 4 nitrogen and oxygen atoms in total. The summed E-state index contributed by atoms with van der Waals surface area (Å²) >= 11 is 0. The van der Waals surface area contributed by atoms with E-state index in [1.807, 2.05) is 20.8 Å². The molecule has 0 unspecified atom stereocenters. The van der Waals surface area contributed by atoms with Crippen LogP contribution in [0.5, 0.6) is 0 Å². The molecule has 2 rings (SSSR count). The molecule has 0 heterocycles. The monoisotopic (exact) mass is 309 g/mol. The molecule has 2 aromatic carbocycles. The van der Waals surface area contributed by atoms with Crippen molar-refractivity contribution < 1.29 is 14.4 Å². The molecule has 4 heteroatoms. The van der Waals surface area contributed by atoms with Gasteiger partial charge in [0.2, 0.25) is 0 Å². The molecule has 0 aromatic heterocycles. The van der Waals surface area contributed by atoms with Crippen LogP contribution in [-0.4, -0.2) is 17.6 Å². The first-order valence-electron chi connectivity index (χ1n) is 7.34. The van der Waals surface area contributed by atoms with Gasteiger partial charge in [-0.1, -0.05) is 51.1 Å². The highest BCUT2D eigenvalue weighted by Crippen LogP contribution is 2.20. The Morgan fingerprint density at radius 3 is 1.61 bits per heavy atom. The van der Waals surface area contributed by atoms with Gasteiger partial charge in [-0.25, -0.2) is 0 Å². The standard InChI is InChI=1S/C19H19NO3/c1-19(2,3)16(21)13-9-11-15(12-10-13)18(23)20-17(22)14-7-5-4-6-8-14/h4-12H,1-3H3,(H,20,22,23). The molecule has 0 aliphatic rings. The number of ketones is 1. The van der Waals surface area contributed by atoms with Crippen molar-refractivity contribution in [3.05, 3.63) is 71.3 Å². The largest absolute Gasteiger partial charge is 0.294 e. The lowest BCUT2D eigenvalue weighted by atomic mass is 9.86. The highest BCUT2D eigenvalue weighted by atomic mass is 16.2. The maximum absolute atomic E-state index is 12.2. The van der Waals surface area contributed by atoms with Crippen molar-refractivity contribution in [3.63, 3.8) is 0 Å². The fourth-order valence-electron chi connectivity index (χ4n) is 2.04. The number of benzene rings is 2. The average molecular weight is 309 g/mol. The minimum Gasteiger partial charge on any atom is -0.294 e. The Morgan fingerprint density at radius 1 is 0.696 bits per heavy atom. The van der Waals surface area contributed by atoms with Crippen molar-refractivity contribution in [2.45, 2.75) is 20.8 Å². The van der Waals surface area contributed by atoms with E-state index in [1.165, 1.54) is 0 Å². The smallest absolute Gasteiger partial charge is 0.258 e. The van der Waals surface area contributed by atoms with Crippen LogP contribution in [0.25, 0.3) is 0 Å². The van der Waals surface area contributed by atoms with E-state index in [0.29, 0.717) is 16.7 Å². The summed E-state index contributed by atoms with van der Waals surface area (Å²) < 4.78 is 0. The van der Waals surface area contributed by atoms with Crippen molar-refractivity contribution in [1.29, 1.82) is 0 Å². The van der Waals surface area contributed by atoms with E-state index in [-0.39, 0.29) is 5.78 Å². The van der Waals surface area contributed by atoms with Crippen molar-refractivity contribution in [2.24, 2.45) is 5.41 Å². The minimum atomic E-state index is -0.492. The summed E-state index contributed by atoms with van der Waals surface area (Å²) in [5.41, 5.74) is 0.816. The fraction of sp³-hybridized carbons (Fsp3) is 0.211. The molecule has 0 spiro atoms. The van der Waals surface area contributed by atoms with Gasteiger partial charge in [0.1, 0.15) is 0 Å². The molecule has 2 aromatic rings. The van der Waals surface area contributed by atoms with Crippen molar-refractivity contribution in [1.82, 2.24) is 5.32 Å². The van der Waals surface area contributed by atoms with E-state index in [9.17, 15) is 14.4 Å². The maximum atomic E-state index is 12.2. The van der Waals surface area contributed by atoms with E-state index in [2.05, 4.69) is 5.32 Å². The predicted octanol–water partition coefficient (Wildman–Crippen LogP) is 3.49. The van der Waals surface area contributed by atoms with Gasteiger partial charge in [0.15, 0.2) is 5.78 Å². The first-order valence-corrected chi connectivity index (χ1v) is 7.34. The molecule has 0 aliphatic heterocycles. The number of amides is 2. The van der Waals surface area contributed by atoms with E-state index < -0.39 is 17.2 Å². The molecule has 0 radical (unpaired) electrons. The van der Waals surface area contributed by atoms with Crippen LogP contribution in [0.15, 0.2) is 54.6 Å². The number of hydrogen-bond donors (Lipinski definition) is 1. The lowest BCUT2D eigenvalue weighted by Gasteiger charge is -2.16. The first-order chi connectivity index (χ1) is 10.8. The summed E-state index contributed by atoms with van der Waals surface area (Å²) in [4.78, 5) is 36.2. The molecule has 0 atom stereocenters. The SMILES string of the molecule is CC(C)(C)C(=O)c1ccc(C(=O)NC(=O)c2ccccc2)cc1. The number of hydrogen-bond acceptors (Lipinski definition) is 3. The number of carbonyl (C=O) groups excluding carboxylic acids is 3. The summed E-state index contributed by atoms with van der Waals surface area (Å²) in [5.74, 6) is -0.941. The molecular weight excluding hydrogens is 290 g/mol. The van der Waals surface area contributed by atoms with Crippen LogP contribution in [0.3, 0.4) is 0 Å². The molecule has 118 valence electrons. The maximum Gasteiger partial charge on any atom is 0.258 e. The van der Waals surface area contributed by atoms with E-state index in [1.54, 1.807) is 54.6 Å². The lowest BCUT2D eigenvalue weighted by Crippen LogP contribution is -2.30. The van der Waals surface area contributed by atoms with Crippen LogP contribution in [0.1, 0.15) is 51.8 Å². The Kier molecular flexibility index (Phi) is 4.74. The third kappa shape index (κ3) is 4.13. The zero-order valence-electron chi connectivity index (χ0n) is 13.4. The number of nitrogens with one attached hydrogen (secondary N) is 1. The Bertz CT molecular complexity index is 725. The quantitative estimate of drug-likeness (QED) is 0.697. The second kappa shape index (κ2) is 6.57. The third-order valence-electron chi connectivity index (χ3n) is 3.35. The lowest BCUT2D eigenvalue weighted by molar-refractivity contribution is 0.0840. The fourth-order valence-corrected chi connectivity index (χ4v) is 2.04. The molecule has 0 aliphatic carbocycles. The van der Waals surface area contributed by atoms with Crippen LogP contribution in [-0.2, 0) is 0 Å². The normalized spacial score (nSPS) is 10.9. The zero-order valence-corrected chi connectivity index (χ0v) is 13.4. The summed E-state index contributed by atoms with van der Waals surface area (Å²) in [7, 11) is 0. The van der Waals surface area contributed by atoms with Gasteiger partial charge in [-0.15, -0.1) is 0 Å². The molecule has 1 N–H and O–H groups in total. The highest BCUT2D eigenvalue weighted by molar-refractivity contribution is 6.10. The predicted molar refractivity (Wildman–Crippen MR) is 88.5 cm³/mol. The van der Waals surface area contributed by atoms with Gasteiger partial charge in [-0.3, -0.25) is 19.7 Å². The van der Waals surface area contributed by atoms with Crippen molar-refractivity contribution >= 4 is 17.6 Å². The van der Waals surface area contributed by atoms with Crippen LogP contribution in [0.2, 0.25) is 0 Å². The molecule has 0 fully saturated rings. The van der Waals surface area contributed by atoms with Gasteiger partial charge in [-0.2, -0.15) is 0 Å². The van der Waals surface area contributed by atoms with E-state index >= 15 is 0 Å². The van der Waals surface area contributed by atoms with Gasteiger partial charge in [0.25, 0.3) is 11.8 Å². The number of carbonyl (C=O) groups is 3. The van der Waals surface area contributed by atoms with Crippen LogP contribution in [0, 0.1) is 5.41 Å². The second-order valence-corrected chi connectivity index (χ2v) is 6.31. The summed E-state index contributed by atoms with van der Waals surface area (Å²) in [6.07, 6.45) is 0. The zero-order chi connectivity index (χ0) is 17.0. The average Bonchev–Trinajstić information content (AvgIpc) is 2.54. The topological polar surface area (TPSA) is 63.2 Å². The van der Waals surface area contributed by atoms with Gasteiger partial charge in [0.05, 0.1) is 0 Å². The van der Waals surface area contributed by atoms with Gasteiger partial charge < -0.3 is 0 Å². The van der Waals surface area contributed by atoms with Crippen LogP contribution in [0.4, 0.5) is 0 Å². The van der Waals surface area contributed by atoms with Crippen molar-refractivity contribution in [2.75, 3.05) is 0 Å². The third-order valence-corrected chi connectivity index (χ3v) is 3.35. The molecular formula is C19H19NO3. The molecule has 2 amide bonds. The van der Waals surface area contributed by atoms with E-state index in [4.69, 9.17) is 0 Å². The molecule has 0 bridgehead atoms. The van der Waals surface area contributed by atoms with Gasteiger partial charge >= 0.3 is 0 Å². The Labute approximate surface area is 135 Å². The second-order valence-electron chi connectivity index (χ2n) is 6.31. The summed E-state index contributed by atoms with van der Waals surface area (Å²) in [6.45, 7) is 5.53. The van der Waals surface area contributed by atoms with E-state index in [0.717, 1.165) is 0 Å².